The molecule has 0 aliphatic carbocycles. The second-order valence-electron chi connectivity index (χ2n) is 4.45. The molecule has 0 fully saturated rings. The SMILES string of the molecule is CCNc1ncc([N+](=O)[O-])c(NCc2cnn(C)c2C)n1. The lowest BCUT2D eigenvalue weighted by atomic mass is 10.2. The van der Waals surface area contributed by atoms with Crippen LogP contribution in [-0.2, 0) is 13.6 Å². The van der Waals surface area contributed by atoms with Gasteiger partial charge in [0.25, 0.3) is 0 Å². The highest BCUT2D eigenvalue weighted by Crippen LogP contribution is 2.22. The molecule has 0 bridgehead atoms. The monoisotopic (exact) mass is 291 g/mol. The maximum atomic E-state index is 11.0. The molecule has 0 amide bonds. The number of aryl methyl sites for hydroxylation is 1. The Morgan fingerprint density at radius 3 is 2.71 bits per heavy atom. The summed E-state index contributed by atoms with van der Waals surface area (Å²) in [7, 11) is 1.84. The largest absolute Gasteiger partial charge is 0.360 e. The maximum Gasteiger partial charge on any atom is 0.329 e. The summed E-state index contributed by atoms with van der Waals surface area (Å²) in [4.78, 5) is 18.6. The molecule has 0 radical (unpaired) electrons. The Morgan fingerprint density at radius 2 is 2.14 bits per heavy atom. The lowest BCUT2D eigenvalue weighted by molar-refractivity contribution is -0.384. The highest BCUT2D eigenvalue weighted by atomic mass is 16.6. The van der Waals surface area contributed by atoms with Crippen LogP contribution in [0.25, 0.3) is 0 Å². The number of nitrogens with zero attached hydrogens (tertiary/aromatic N) is 5. The summed E-state index contributed by atoms with van der Waals surface area (Å²) in [5.74, 6) is 0.544. The van der Waals surface area contributed by atoms with E-state index in [1.807, 2.05) is 20.9 Å². The minimum absolute atomic E-state index is 0.154. The standard InChI is InChI=1S/C12H17N7O2/c1-4-13-12-15-7-10(19(20)21)11(17-12)14-5-9-6-16-18(3)8(9)2/h6-7H,4-5H2,1-3H3,(H2,13,14,15,17). The molecule has 0 aliphatic heterocycles. The van der Waals surface area contributed by atoms with E-state index in [4.69, 9.17) is 0 Å². The van der Waals surface area contributed by atoms with Crippen molar-refractivity contribution in [1.82, 2.24) is 19.7 Å². The van der Waals surface area contributed by atoms with E-state index >= 15 is 0 Å². The first-order chi connectivity index (χ1) is 10.0. The van der Waals surface area contributed by atoms with Crippen molar-refractivity contribution >= 4 is 17.5 Å². The molecule has 9 heteroatoms. The van der Waals surface area contributed by atoms with Crippen molar-refractivity contribution in [1.29, 1.82) is 0 Å². The van der Waals surface area contributed by atoms with Crippen molar-refractivity contribution in [3.63, 3.8) is 0 Å². The van der Waals surface area contributed by atoms with Gasteiger partial charge in [-0.05, 0) is 13.8 Å². The molecule has 21 heavy (non-hydrogen) atoms. The summed E-state index contributed by atoms with van der Waals surface area (Å²) < 4.78 is 1.75. The highest BCUT2D eigenvalue weighted by Gasteiger charge is 2.17. The van der Waals surface area contributed by atoms with Gasteiger partial charge in [0.1, 0.15) is 6.20 Å². The molecule has 0 aromatic carbocycles. The van der Waals surface area contributed by atoms with E-state index < -0.39 is 4.92 Å². The Labute approximate surface area is 121 Å². The minimum atomic E-state index is -0.506. The number of aromatic nitrogens is 4. The zero-order valence-corrected chi connectivity index (χ0v) is 12.1. The Bertz CT molecular complexity index is 653. The van der Waals surface area contributed by atoms with Crippen LogP contribution >= 0.6 is 0 Å². The van der Waals surface area contributed by atoms with Gasteiger partial charge in [-0.25, -0.2) is 4.98 Å². The van der Waals surface area contributed by atoms with Crippen LogP contribution in [0, 0.1) is 17.0 Å². The first kappa shape index (κ1) is 14.7. The second kappa shape index (κ2) is 6.16. The van der Waals surface area contributed by atoms with Crippen molar-refractivity contribution in [2.24, 2.45) is 7.05 Å². The van der Waals surface area contributed by atoms with Crippen molar-refractivity contribution in [2.75, 3.05) is 17.2 Å². The lowest BCUT2D eigenvalue weighted by Gasteiger charge is -2.08. The van der Waals surface area contributed by atoms with Gasteiger partial charge in [0, 0.05) is 31.4 Å². The third-order valence-corrected chi connectivity index (χ3v) is 3.08. The molecule has 2 aromatic heterocycles. The molecule has 0 unspecified atom stereocenters. The van der Waals surface area contributed by atoms with Crippen LogP contribution in [0.5, 0.6) is 0 Å². The van der Waals surface area contributed by atoms with Crippen LogP contribution in [0.2, 0.25) is 0 Å². The number of nitrogens with one attached hydrogen (secondary N) is 2. The predicted octanol–water partition coefficient (Wildman–Crippen LogP) is 1.47. The highest BCUT2D eigenvalue weighted by molar-refractivity contribution is 5.57. The molecule has 9 nitrogen and oxygen atoms in total. The summed E-state index contributed by atoms with van der Waals surface area (Å²) in [6, 6.07) is 0. The smallest absolute Gasteiger partial charge is 0.329 e. The Hall–Kier alpha value is -2.71. The van der Waals surface area contributed by atoms with Crippen molar-refractivity contribution in [2.45, 2.75) is 20.4 Å². The van der Waals surface area contributed by atoms with Gasteiger partial charge in [-0.2, -0.15) is 10.1 Å². The van der Waals surface area contributed by atoms with Crippen LogP contribution in [0.1, 0.15) is 18.2 Å². The maximum absolute atomic E-state index is 11.0. The van der Waals surface area contributed by atoms with E-state index in [9.17, 15) is 10.1 Å². The number of nitro groups is 1. The first-order valence-electron chi connectivity index (χ1n) is 6.49. The third-order valence-electron chi connectivity index (χ3n) is 3.08. The fourth-order valence-corrected chi connectivity index (χ4v) is 1.78. The van der Waals surface area contributed by atoms with Crippen molar-refractivity contribution in [3.05, 3.63) is 33.8 Å². The molecule has 112 valence electrons. The van der Waals surface area contributed by atoms with Crippen LogP contribution in [0.3, 0.4) is 0 Å². The molecule has 2 aromatic rings. The molecular weight excluding hydrogens is 274 g/mol. The minimum Gasteiger partial charge on any atom is -0.360 e. The number of hydrogen-bond acceptors (Lipinski definition) is 7. The lowest BCUT2D eigenvalue weighted by Crippen LogP contribution is -2.09. The normalized spacial score (nSPS) is 10.4. The molecule has 2 heterocycles. The van der Waals surface area contributed by atoms with Gasteiger partial charge < -0.3 is 10.6 Å². The van der Waals surface area contributed by atoms with E-state index in [0.29, 0.717) is 19.0 Å². The average molecular weight is 291 g/mol. The summed E-state index contributed by atoms with van der Waals surface area (Å²) in [6.07, 6.45) is 2.92. The molecule has 0 saturated heterocycles. The van der Waals surface area contributed by atoms with E-state index in [2.05, 4.69) is 25.7 Å². The predicted molar refractivity (Wildman–Crippen MR) is 78.1 cm³/mol. The van der Waals surface area contributed by atoms with Crippen LogP contribution < -0.4 is 10.6 Å². The fourth-order valence-electron chi connectivity index (χ4n) is 1.78. The summed E-state index contributed by atoms with van der Waals surface area (Å²) in [5.41, 5.74) is 1.79. The van der Waals surface area contributed by atoms with Crippen molar-refractivity contribution < 1.29 is 4.92 Å². The number of rotatable bonds is 6. The molecule has 0 spiro atoms. The van der Waals surface area contributed by atoms with Gasteiger partial charge >= 0.3 is 5.69 Å². The van der Waals surface area contributed by atoms with Crippen molar-refractivity contribution in [3.8, 4) is 0 Å². The van der Waals surface area contributed by atoms with Gasteiger partial charge in [-0.3, -0.25) is 14.8 Å². The molecule has 0 aliphatic rings. The molecule has 2 N–H and O–H groups in total. The summed E-state index contributed by atoms with van der Waals surface area (Å²) in [6.45, 7) is 4.88. The average Bonchev–Trinajstić information content (AvgIpc) is 2.77. The van der Waals surface area contributed by atoms with E-state index in [-0.39, 0.29) is 11.5 Å². The number of anilines is 2. The Kier molecular flexibility index (Phi) is 4.31. The zero-order chi connectivity index (χ0) is 15.4. The van der Waals surface area contributed by atoms with Gasteiger partial charge in [0.2, 0.25) is 11.8 Å². The Morgan fingerprint density at radius 1 is 1.38 bits per heavy atom. The Balaban J connectivity index is 2.22. The van der Waals surface area contributed by atoms with Crippen LogP contribution in [-0.4, -0.2) is 31.2 Å². The zero-order valence-electron chi connectivity index (χ0n) is 12.1. The summed E-state index contributed by atoms with van der Waals surface area (Å²) >= 11 is 0. The van der Waals surface area contributed by atoms with Crippen LogP contribution in [0.15, 0.2) is 12.4 Å². The van der Waals surface area contributed by atoms with E-state index in [0.717, 1.165) is 11.3 Å². The van der Waals surface area contributed by atoms with E-state index in [1.165, 1.54) is 6.20 Å². The van der Waals surface area contributed by atoms with Gasteiger partial charge in [-0.1, -0.05) is 0 Å². The molecule has 2 rings (SSSR count). The third kappa shape index (κ3) is 3.25. The van der Waals surface area contributed by atoms with Gasteiger partial charge in [0.15, 0.2) is 0 Å². The summed E-state index contributed by atoms with van der Waals surface area (Å²) in [5, 5.41) is 21.1. The second-order valence-corrected chi connectivity index (χ2v) is 4.45. The topological polar surface area (TPSA) is 111 Å². The number of hydrogen-bond donors (Lipinski definition) is 2. The quantitative estimate of drug-likeness (QED) is 0.612. The van der Waals surface area contributed by atoms with Gasteiger partial charge in [-0.15, -0.1) is 0 Å². The molecular formula is C12H17N7O2. The first-order valence-corrected chi connectivity index (χ1v) is 6.49. The van der Waals surface area contributed by atoms with E-state index in [1.54, 1.807) is 10.9 Å². The molecule has 0 atom stereocenters. The van der Waals surface area contributed by atoms with Crippen LogP contribution in [0.4, 0.5) is 17.5 Å². The van der Waals surface area contributed by atoms with Gasteiger partial charge in [0.05, 0.1) is 11.1 Å². The fraction of sp³-hybridized carbons (Fsp3) is 0.417. The molecule has 0 saturated carbocycles.